The first-order chi connectivity index (χ1) is 14.4. The topological polar surface area (TPSA) is 79.8 Å². The van der Waals surface area contributed by atoms with E-state index < -0.39 is 15.7 Å². The zero-order valence-electron chi connectivity index (χ0n) is 17.5. The minimum Gasteiger partial charge on any atom is -0.486 e. The van der Waals surface area contributed by atoms with Crippen molar-refractivity contribution in [2.75, 3.05) is 25.4 Å². The van der Waals surface area contributed by atoms with Crippen LogP contribution in [0.4, 0.5) is 4.39 Å². The van der Waals surface area contributed by atoms with Crippen LogP contribution in [0.25, 0.3) is 0 Å². The lowest BCUT2D eigenvalue weighted by atomic mass is 10.2. The molecule has 1 unspecified atom stereocenters. The van der Waals surface area contributed by atoms with Crippen molar-refractivity contribution in [3.05, 3.63) is 66.0 Å². The Morgan fingerprint density at radius 3 is 2.50 bits per heavy atom. The highest BCUT2D eigenvalue weighted by Crippen LogP contribution is 2.17. The number of aliphatic imine (C=N–C) groups is 1. The maximum Gasteiger partial charge on any atom is 0.191 e. The number of rotatable bonds is 11. The molecule has 2 N–H and O–H groups in total. The van der Waals surface area contributed by atoms with E-state index in [-0.39, 0.29) is 23.4 Å². The summed E-state index contributed by atoms with van der Waals surface area (Å²) in [6, 6.07) is 15.4. The van der Waals surface area contributed by atoms with Crippen molar-refractivity contribution >= 4 is 15.8 Å². The Labute approximate surface area is 178 Å². The van der Waals surface area contributed by atoms with Crippen LogP contribution in [0.5, 0.6) is 5.75 Å². The highest BCUT2D eigenvalue weighted by molar-refractivity contribution is 7.90. The largest absolute Gasteiger partial charge is 0.486 e. The number of para-hydroxylation sites is 1. The molecule has 0 aliphatic carbocycles. The summed E-state index contributed by atoms with van der Waals surface area (Å²) in [6.07, 6.45) is 0.157. The Morgan fingerprint density at radius 1 is 1.10 bits per heavy atom. The molecule has 0 bridgehead atoms. The fraction of sp³-hybridized carbons (Fsp3) is 0.409. The summed E-state index contributed by atoms with van der Waals surface area (Å²) in [5.41, 5.74) is 0.796. The van der Waals surface area contributed by atoms with Crippen molar-refractivity contribution in [3.8, 4) is 5.75 Å². The predicted octanol–water partition coefficient (Wildman–Crippen LogP) is 3.15. The maximum absolute atomic E-state index is 13.7. The molecule has 0 saturated heterocycles. The van der Waals surface area contributed by atoms with Gasteiger partial charge >= 0.3 is 0 Å². The third-order valence-electron chi connectivity index (χ3n) is 4.17. The van der Waals surface area contributed by atoms with Crippen molar-refractivity contribution in [1.29, 1.82) is 0 Å². The van der Waals surface area contributed by atoms with Crippen molar-refractivity contribution < 1.29 is 17.5 Å². The first kappa shape index (κ1) is 23.7. The lowest BCUT2D eigenvalue weighted by Gasteiger charge is -2.15. The highest BCUT2D eigenvalue weighted by Gasteiger charge is 2.12. The Hall–Kier alpha value is -2.61. The third kappa shape index (κ3) is 8.82. The third-order valence-corrected chi connectivity index (χ3v) is 5.85. The first-order valence-electron chi connectivity index (χ1n) is 10.1. The fourth-order valence-electron chi connectivity index (χ4n) is 2.76. The normalized spacial score (nSPS) is 13.0. The SMILES string of the molecule is CCNC(=NCC(C)Oc1ccccc1F)NCCCS(=O)(=O)Cc1ccccc1. The molecule has 0 saturated carbocycles. The molecule has 30 heavy (non-hydrogen) atoms. The number of halogens is 1. The number of hydrogen-bond acceptors (Lipinski definition) is 4. The number of guanidine groups is 1. The number of nitrogens with one attached hydrogen (secondary N) is 2. The van der Waals surface area contributed by atoms with Gasteiger partial charge < -0.3 is 15.4 Å². The second-order valence-electron chi connectivity index (χ2n) is 6.94. The Balaban J connectivity index is 1.78. The van der Waals surface area contributed by atoms with Gasteiger partial charge in [-0.25, -0.2) is 17.8 Å². The molecule has 0 radical (unpaired) electrons. The van der Waals surface area contributed by atoms with Crippen molar-refractivity contribution in [1.82, 2.24) is 10.6 Å². The van der Waals surface area contributed by atoms with Crippen molar-refractivity contribution in [2.24, 2.45) is 4.99 Å². The molecule has 0 spiro atoms. The van der Waals surface area contributed by atoms with Crippen molar-refractivity contribution in [2.45, 2.75) is 32.1 Å². The van der Waals surface area contributed by atoms with E-state index in [9.17, 15) is 12.8 Å². The van der Waals surface area contributed by atoms with Crippen LogP contribution >= 0.6 is 0 Å². The van der Waals surface area contributed by atoms with Gasteiger partial charge in [-0.05, 0) is 38.0 Å². The molecule has 1 atom stereocenters. The van der Waals surface area contributed by atoms with Gasteiger partial charge in [-0.1, -0.05) is 42.5 Å². The van der Waals surface area contributed by atoms with Crippen molar-refractivity contribution in [3.63, 3.8) is 0 Å². The second-order valence-corrected chi connectivity index (χ2v) is 9.12. The molecule has 2 aromatic rings. The minimum absolute atomic E-state index is 0.0485. The van der Waals surface area contributed by atoms with Gasteiger partial charge in [0.2, 0.25) is 0 Å². The fourth-order valence-corrected chi connectivity index (χ4v) is 4.18. The average molecular weight is 436 g/mol. The first-order valence-corrected chi connectivity index (χ1v) is 11.9. The summed E-state index contributed by atoms with van der Waals surface area (Å²) in [5.74, 6) is 0.507. The van der Waals surface area contributed by atoms with Gasteiger partial charge in [-0.3, -0.25) is 0 Å². The van der Waals surface area contributed by atoms with Crippen LogP contribution in [0.2, 0.25) is 0 Å². The molecule has 2 aromatic carbocycles. The molecule has 0 amide bonds. The quantitative estimate of drug-likeness (QED) is 0.322. The molecule has 0 fully saturated rings. The monoisotopic (exact) mass is 435 g/mol. The average Bonchev–Trinajstić information content (AvgIpc) is 2.71. The van der Waals surface area contributed by atoms with E-state index in [1.54, 1.807) is 18.2 Å². The summed E-state index contributed by atoms with van der Waals surface area (Å²) in [4.78, 5) is 4.44. The standard InChI is InChI=1S/C22H30FN3O3S/c1-3-24-22(26-16-18(2)29-21-13-8-7-12-20(21)23)25-14-9-15-30(27,28)17-19-10-5-4-6-11-19/h4-8,10-13,18H,3,9,14-17H2,1-2H3,(H2,24,25,26). The van der Waals surface area contributed by atoms with Gasteiger partial charge in [0.15, 0.2) is 27.4 Å². The molecular formula is C22H30FN3O3S. The Morgan fingerprint density at radius 2 is 1.80 bits per heavy atom. The van der Waals surface area contributed by atoms with Crippen LogP contribution < -0.4 is 15.4 Å². The molecule has 0 aliphatic rings. The highest BCUT2D eigenvalue weighted by atomic mass is 32.2. The Kier molecular flexibility index (Phi) is 9.60. The minimum atomic E-state index is -3.17. The predicted molar refractivity (Wildman–Crippen MR) is 119 cm³/mol. The van der Waals surface area contributed by atoms with E-state index in [4.69, 9.17) is 4.74 Å². The summed E-state index contributed by atoms with van der Waals surface area (Å²) < 4.78 is 43.8. The van der Waals surface area contributed by atoms with E-state index in [1.165, 1.54) is 6.07 Å². The zero-order chi connectivity index (χ0) is 21.8. The van der Waals surface area contributed by atoms with E-state index in [1.807, 2.05) is 44.2 Å². The molecular weight excluding hydrogens is 405 g/mol. The summed E-state index contributed by atoms with van der Waals surface area (Å²) in [5, 5.41) is 6.24. The van der Waals surface area contributed by atoms with Gasteiger partial charge in [-0.2, -0.15) is 0 Å². The molecule has 2 rings (SSSR count). The number of ether oxygens (including phenoxy) is 1. The molecule has 6 nitrogen and oxygen atoms in total. The molecule has 0 heterocycles. The molecule has 0 aliphatic heterocycles. The lowest BCUT2D eigenvalue weighted by molar-refractivity contribution is 0.220. The van der Waals surface area contributed by atoms with Crippen LogP contribution in [0.1, 0.15) is 25.8 Å². The van der Waals surface area contributed by atoms with E-state index in [0.717, 1.165) is 5.56 Å². The van der Waals surface area contributed by atoms with Gasteiger partial charge in [0.25, 0.3) is 0 Å². The number of nitrogens with zero attached hydrogens (tertiary/aromatic N) is 1. The van der Waals surface area contributed by atoms with Crippen LogP contribution in [-0.2, 0) is 15.6 Å². The Bertz CT molecular complexity index is 905. The summed E-state index contributed by atoms with van der Waals surface area (Å²) >= 11 is 0. The van der Waals surface area contributed by atoms with Gasteiger partial charge in [-0.15, -0.1) is 0 Å². The molecule has 164 valence electrons. The smallest absolute Gasteiger partial charge is 0.191 e. The summed E-state index contributed by atoms with van der Waals surface area (Å²) in [6.45, 7) is 5.23. The number of sulfone groups is 1. The van der Waals surface area contributed by atoms with Gasteiger partial charge in [0, 0.05) is 13.1 Å². The van der Waals surface area contributed by atoms with Crippen LogP contribution in [0.3, 0.4) is 0 Å². The number of hydrogen-bond donors (Lipinski definition) is 2. The summed E-state index contributed by atoms with van der Waals surface area (Å²) in [7, 11) is -3.17. The van der Waals surface area contributed by atoms with Crippen LogP contribution in [-0.4, -0.2) is 45.9 Å². The van der Waals surface area contributed by atoms with Crippen LogP contribution in [0.15, 0.2) is 59.6 Å². The van der Waals surface area contributed by atoms with Gasteiger partial charge in [0.1, 0.15) is 6.10 Å². The molecule has 8 heteroatoms. The van der Waals surface area contributed by atoms with Gasteiger partial charge in [0.05, 0.1) is 18.1 Å². The number of benzene rings is 2. The molecule has 0 aromatic heterocycles. The van der Waals surface area contributed by atoms with E-state index in [0.29, 0.717) is 32.0 Å². The van der Waals surface area contributed by atoms with E-state index >= 15 is 0 Å². The zero-order valence-corrected chi connectivity index (χ0v) is 18.3. The second kappa shape index (κ2) is 12.2. The van der Waals surface area contributed by atoms with E-state index in [2.05, 4.69) is 15.6 Å². The van der Waals surface area contributed by atoms with Crippen LogP contribution in [0, 0.1) is 5.82 Å². The lowest BCUT2D eigenvalue weighted by Crippen LogP contribution is -2.39. The maximum atomic E-state index is 13.7.